The van der Waals surface area contributed by atoms with Crippen LogP contribution in [-0.2, 0) is 14.8 Å². The molecule has 1 unspecified atom stereocenters. The van der Waals surface area contributed by atoms with Gasteiger partial charge in [0.1, 0.15) is 4.21 Å². The van der Waals surface area contributed by atoms with E-state index >= 15 is 0 Å². The molecule has 3 rings (SSSR count). The number of anilines is 1. The summed E-state index contributed by atoms with van der Waals surface area (Å²) in [4.78, 5) is 0. The number of nitrogens with zero attached hydrogens (tertiary/aromatic N) is 2. The number of thiophene rings is 1. The fourth-order valence-electron chi connectivity index (χ4n) is 1.94. The van der Waals surface area contributed by atoms with Crippen molar-refractivity contribution >= 4 is 27.0 Å². The zero-order valence-corrected chi connectivity index (χ0v) is 11.7. The molecule has 1 saturated heterocycles. The molecule has 1 aliphatic rings. The number of ether oxygens (including phenoxy) is 1. The number of hydrogen-bond acceptors (Lipinski definition) is 5. The Labute approximate surface area is 115 Å². The van der Waals surface area contributed by atoms with Crippen molar-refractivity contribution < 1.29 is 13.2 Å². The third-order valence-electron chi connectivity index (χ3n) is 2.89. The molecule has 3 heterocycles. The fraction of sp³-hybridized carbons (Fsp3) is 0.364. The van der Waals surface area contributed by atoms with Crippen molar-refractivity contribution in [3.63, 3.8) is 0 Å². The summed E-state index contributed by atoms with van der Waals surface area (Å²) >= 11 is 1.18. The van der Waals surface area contributed by atoms with Crippen molar-refractivity contribution in [2.75, 3.05) is 17.9 Å². The largest absolute Gasteiger partial charge is 0.379 e. The van der Waals surface area contributed by atoms with E-state index in [0.717, 1.165) is 13.0 Å². The molecule has 0 aliphatic carbocycles. The lowest BCUT2D eigenvalue weighted by atomic mass is 10.3. The third-order valence-corrected chi connectivity index (χ3v) is 5.67. The Hall–Kier alpha value is -1.38. The second-order valence-electron chi connectivity index (χ2n) is 4.26. The fourth-order valence-corrected chi connectivity index (χ4v) is 3.96. The summed E-state index contributed by atoms with van der Waals surface area (Å²) in [6, 6.07) is 3.47. The van der Waals surface area contributed by atoms with Crippen LogP contribution in [0.15, 0.2) is 34.1 Å². The van der Waals surface area contributed by atoms with Crippen molar-refractivity contribution in [1.82, 2.24) is 9.78 Å². The van der Waals surface area contributed by atoms with Crippen LogP contribution in [-0.4, -0.2) is 31.4 Å². The van der Waals surface area contributed by atoms with Crippen LogP contribution in [0.1, 0.15) is 12.5 Å². The Morgan fingerprint density at radius 2 is 2.42 bits per heavy atom. The van der Waals surface area contributed by atoms with Crippen LogP contribution in [0.2, 0.25) is 0 Å². The summed E-state index contributed by atoms with van der Waals surface area (Å²) < 4.78 is 33.9. The first-order chi connectivity index (χ1) is 9.15. The van der Waals surface area contributed by atoms with Gasteiger partial charge in [-0.2, -0.15) is 5.10 Å². The Morgan fingerprint density at radius 3 is 3.11 bits per heavy atom. The molecule has 6 nitrogen and oxygen atoms in total. The highest BCUT2D eigenvalue weighted by molar-refractivity contribution is 7.94. The molecule has 8 heteroatoms. The van der Waals surface area contributed by atoms with Crippen molar-refractivity contribution in [3.05, 3.63) is 29.9 Å². The summed E-state index contributed by atoms with van der Waals surface area (Å²) in [7, 11) is -3.50. The maximum absolute atomic E-state index is 12.0. The average molecular weight is 299 g/mol. The zero-order chi connectivity index (χ0) is 13.3. The van der Waals surface area contributed by atoms with Gasteiger partial charge >= 0.3 is 0 Å². The van der Waals surface area contributed by atoms with E-state index in [1.54, 1.807) is 28.4 Å². The number of nitrogens with one attached hydrogen (secondary N) is 1. The van der Waals surface area contributed by atoms with Gasteiger partial charge in [0.05, 0.1) is 24.5 Å². The van der Waals surface area contributed by atoms with Gasteiger partial charge in [-0.15, -0.1) is 11.3 Å². The lowest BCUT2D eigenvalue weighted by Crippen LogP contribution is -2.11. The Balaban J connectivity index is 1.77. The number of sulfonamides is 1. The molecule has 2 aromatic rings. The van der Waals surface area contributed by atoms with Gasteiger partial charge < -0.3 is 4.74 Å². The zero-order valence-electron chi connectivity index (χ0n) is 10.0. The highest BCUT2D eigenvalue weighted by Gasteiger charge is 2.20. The van der Waals surface area contributed by atoms with E-state index in [1.165, 1.54) is 17.5 Å². The molecule has 2 aromatic heterocycles. The summed E-state index contributed by atoms with van der Waals surface area (Å²) in [5.41, 5.74) is 0.473. The number of aromatic nitrogens is 2. The summed E-state index contributed by atoms with van der Waals surface area (Å²) in [6.45, 7) is 1.35. The van der Waals surface area contributed by atoms with Gasteiger partial charge in [-0.3, -0.25) is 9.40 Å². The highest BCUT2D eigenvalue weighted by atomic mass is 32.2. The monoisotopic (exact) mass is 299 g/mol. The van der Waals surface area contributed by atoms with Gasteiger partial charge in [0.2, 0.25) is 0 Å². The van der Waals surface area contributed by atoms with Crippen LogP contribution >= 0.6 is 11.3 Å². The van der Waals surface area contributed by atoms with Crippen molar-refractivity contribution in [2.45, 2.75) is 16.7 Å². The number of rotatable bonds is 4. The maximum atomic E-state index is 12.0. The third kappa shape index (κ3) is 2.65. The van der Waals surface area contributed by atoms with Crippen molar-refractivity contribution in [3.8, 4) is 0 Å². The van der Waals surface area contributed by atoms with E-state index in [4.69, 9.17) is 4.74 Å². The second kappa shape index (κ2) is 4.95. The lowest BCUT2D eigenvalue weighted by Gasteiger charge is -2.07. The molecular weight excluding hydrogens is 286 g/mol. The maximum Gasteiger partial charge on any atom is 0.271 e. The lowest BCUT2D eigenvalue weighted by molar-refractivity contribution is 0.184. The predicted octanol–water partition coefficient (Wildman–Crippen LogP) is 1.71. The first-order valence-corrected chi connectivity index (χ1v) is 8.20. The Bertz CT molecular complexity index is 643. The molecule has 1 aliphatic heterocycles. The minimum absolute atomic E-state index is 0.194. The highest BCUT2D eigenvalue weighted by Crippen LogP contribution is 2.22. The van der Waals surface area contributed by atoms with E-state index in [0.29, 0.717) is 16.5 Å². The molecule has 1 fully saturated rings. The molecule has 0 spiro atoms. The first kappa shape index (κ1) is 12.6. The van der Waals surface area contributed by atoms with Gasteiger partial charge in [-0.1, -0.05) is 6.07 Å². The molecule has 1 atom stereocenters. The van der Waals surface area contributed by atoms with Crippen LogP contribution in [0.5, 0.6) is 0 Å². The van der Waals surface area contributed by atoms with Crippen LogP contribution < -0.4 is 4.72 Å². The van der Waals surface area contributed by atoms with Crippen LogP contribution in [0.3, 0.4) is 0 Å². The van der Waals surface area contributed by atoms with E-state index in [1.807, 2.05) is 0 Å². The standard InChI is InChI=1S/C11H13N3O3S2/c15-19(16,11-2-1-5-18-11)13-9-6-12-14(7-9)10-3-4-17-8-10/h1-2,5-7,10,13H,3-4,8H2. The molecule has 0 amide bonds. The quantitative estimate of drug-likeness (QED) is 0.932. The van der Waals surface area contributed by atoms with Gasteiger partial charge in [0.25, 0.3) is 10.0 Å². The normalized spacial score (nSPS) is 19.7. The summed E-state index contributed by atoms with van der Waals surface area (Å²) in [6.07, 6.45) is 4.12. The van der Waals surface area contributed by atoms with Crippen molar-refractivity contribution in [1.29, 1.82) is 0 Å². The van der Waals surface area contributed by atoms with Crippen LogP contribution in [0.25, 0.3) is 0 Å². The van der Waals surface area contributed by atoms with Gasteiger partial charge in [0, 0.05) is 12.8 Å². The van der Waals surface area contributed by atoms with E-state index in [-0.39, 0.29) is 6.04 Å². The van der Waals surface area contributed by atoms with E-state index in [9.17, 15) is 8.42 Å². The molecule has 1 N–H and O–H groups in total. The second-order valence-corrected chi connectivity index (χ2v) is 7.12. The Kier molecular flexibility index (Phi) is 3.29. The minimum atomic E-state index is -3.50. The summed E-state index contributed by atoms with van der Waals surface area (Å²) in [5, 5.41) is 5.91. The number of hydrogen-bond donors (Lipinski definition) is 1. The summed E-state index contributed by atoms with van der Waals surface area (Å²) in [5.74, 6) is 0. The minimum Gasteiger partial charge on any atom is -0.379 e. The van der Waals surface area contributed by atoms with Gasteiger partial charge in [0.15, 0.2) is 0 Å². The molecule has 19 heavy (non-hydrogen) atoms. The van der Waals surface area contributed by atoms with Crippen molar-refractivity contribution in [2.24, 2.45) is 0 Å². The van der Waals surface area contributed by atoms with E-state index < -0.39 is 10.0 Å². The van der Waals surface area contributed by atoms with Crippen LogP contribution in [0.4, 0.5) is 5.69 Å². The topological polar surface area (TPSA) is 73.2 Å². The molecule has 0 aromatic carbocycles. The molecule has 0 radical (unpaired) electrons. The van der Waals surface area contributed by atoms with Gasteiger partial charge in [-0.05, 0) is 17.9 Å². The molecular formula is C11H13N3O3S2. The van der Waals surface area contributed by atoms with Gasteiger partial charge in [-0.25, -0.2) is 8.42 Å². The molecule has 0 bridgehead atoms. The Morgan fingerprint density at radius 1 is 1.53 bits per heavy atom. The average Bonchev–Trinajstić information content (AvgIpc) is 3.11. The first-order valence-electron chi connectivity index (χ1n) is 5.83. The SMILES string of the molecule is O=S(=O)(Nc1cnn(C2CCOC2)c1)c1cccs1. The molecule has 0 saturated carbocycles. The van der Waals surface area contributed by atoms with Crippen LogP contribution in [0, 0.1) is 0 Å². The smallest absolute Gasteiger partial charge is 0.271 e. The molecule has 102 valence electrons. The van der Waals surface area contributed by atoms with E-state index in [2.05, 4.69) is 9.82 Å². The predicted molar refractivity (Wildman–Crippen MR) is 71.8 cm³/mol.